The van der Waals surface area contributed by atoms with Gasteiger partial charge in [0.1, 0.15) is 5.25 Å². The number of carbonyl (C=O) groups is 1. The van der Waals surface area contributed by atoms with Crippen LogP contribution < -0.4 is 0 Å². The number of alkyl halides is 2. The van der Waals surface area contributed by atoms with Crippen LogP contribution in [0.3, 0.4) is 0 Å². The average molecular weight is 262 g/mol. The lowest BCUT2D eigenvalue weighted by molar-refractivity contribution is -0.136. The summed E-state index contributed by atoms with van der Waals surface area (Å²) in [5, 5.41) is 7.28. The average Bonchev–Trinajstić information content (AvgIpc) is 2.28. The Kier molecular flexibility index (Phi) is 4.34. The van der Waals surface area contributed by atoms with Gasteiger partial charge in [0.2, 0.25) is 0 Å². The van der Waals surface area contributed by atoms with Gasteiger partial charge in [-0.2, -0.15) is 0 Å². The van der Waals surface area contributed by atoms with Crippen LogP contribution in [0.15, 0.2) is 30.3 Å². The molecule has 0 aliphatic rings. The molecule has 0 bridgehead atoms. The summed E-state index contributed by atoms with van der Waals surface area (Å²) in [6.45, 7) is 1.15. The van der Waals surface area contributed by atoms with Gasteiger partial charge in [-0.15, -0.1) is 0 Å². The second-order valence-electron chi connectivity index (χ2n) is 3.58. The SMILES string of the molecule is CC(C(=O)O)S(=O)CC(F)(F)c1ccccc1. The number of carboxylic acids is 1. The zero-order valence-electron chi connectivity index (χ0n) is 9.10. The van der Waals surface area contributed by atoms with Crippen LogP contribution in [-0.4, -0.2) is 26.3 Å². The van der Waals surface area contributed by atoms with Crippen molar-refractivity contribution in [2.75, 3.05) is 5.75 Å². The van der Waals surface area contributed by atoms with Gasteiger partial charge < -0.3 is 5.11 Å². The minimum absolute atomic E-state index is 0.258. The molecule has 94 valence electrons. The first-order valence-electron chi connectivity index (χ1n) is 4.88. The zero-order chi connectivity index (χ0) is 13.1. The maximum absolute atomic E-state index is 13.6. The van der Waals surface area contributed by atoms with Crippen LogP contribution in [0.1, 0.15) is 12.5 Å². The predicted octanol–water partition coefficient (Wildman–Crippen LogP) is 2.00. The summed E-state index contributed by atoms with van der Waals surface area (Å²) in [5.41, 5.74) is -0.258. The lowest BCUT2D eigenvalue weighted by Gasteiger charge is -2.17. The van der Waals surface area contributed by atoms with Gasteiger partial charge >= 0.3 is 5.97 Å². The molecular weight excluding hydrogens is 250 g/mol. The topological polar surface area (TPSA) is 54.4 Å². The van der Waals surface area contributed by atoms with Crippen LogP contribution in [0.5, 0.6) is 0 Å². The van der Waals surface area contributed by atoms with Crippen LogP contribution in [0.4, 0.5) is 8.78 Å². The number of hydrogen-bond acceptors (Lipinski definition) is 2. The van der Waals surface area contributed by atoms with E-state index in [1.165, 1.54) is 24.3 Å². The van der Waals surface area contributed by atoms with Gasteiger partial charge in [-0.3, -0.25) is 9.00 Å². The molecule has 3 nitrogen and oxygen atoms in total. The molecule has 1 N–H and O–H groups in total. The Bertz CT molecular complexity index is 420. The van der Waals surface area contributed by atoms with E-state index >= 15 is 0 Å². The van der Waals surface area contributed by atoms with Crippen molar-refractivity contribution in [3.63, 3.8) is 0 Å². The largest absolute Gasteiger partial charge is 0.480 e. The van der Waals surface area contributed by atoms with E-state index < -0.39 is 33.7 Å². The van der Waals surface area contributed by atoms with Gasteiger partial charge in [0.05, 0.1) is 5.75 Å². The predicted molar refractivity (Wildman–Crippen MR) is 60.4 cm³/mol. The molecule has 1 aromatic rings. The molecular formula is C11H12F2O3S. The molecule has 2 unspecified atom stereocenters. The van der Waals surface area contributed by atoms with Gasteiger partial charge in [0.25, 0.3) is 5.92 Å². The van der Waals surface area contributed by atoms with Crippen molar-refractivity contribution in [3.05, 3.63) is 35.9 Å². The first-order valence-corrected chi connectivity index (χ1v) is 6.26. The van der Waals surface area contributed by atoms with Crippen LogP contribution in [-0.2, 0) is 21.5 Å². The van der Waals surface area contributed by atoms with Crippen molar-refractivity contribution in [3.8, 4) is 0 Å². The molecule has 0 fully saturated rings. The van der Waals surface area contributed by atoms with Crippen LogP contribution in [0, 0.1) is 0 Å². The summed E-state index contributed by atoms with van der Waals surface area (Å²) in [4.78, 5) is 10.5. The molecule has 1 rings (SSSR count). The fourth-order valence-corrected chi connectivity index (χ4v) is 2.18. The number of aliphatic carboxylic acids is 1. The Labute approximate surface area is 99.9 Å². The molecule has 2 atom stereocenters. The van der Waals surface area contributed by atoms with Crippen molar-refractivity contribution in [2.45, 2.75) is 18.1 Å². The summed E-state index contributed by atoms with van der Waals surface area (Å²) >= 11 is 0. The van der Waals surface area contributed by atoms with E-state index in [0.717, 1.165) is 6.92 Å². The third-order valence-corrected chi connectivity index (χ3v) is 3.90. The maximum atomic E-state index is 13.6. The fraction of sp³-hybridized carbons (Fsp3) is 0.364. The number of benzene rings is 1. The van der Waals surface area contributed by atoms with Crippen molar-refractivity contribution in [1.82, 2.24) is 0 Å². The Morgan fingerprint density at radius 3 is 2.41 bits per heavy atom. The number of rotatable bonds is 5. The van der Waals surface area contributed by atoms with E-state index in [-0.39, 0.29) is 5.56 Å². The second-order valence-corrected chi connectivity index (χ2v) is 5.33. The lowest BCUT2D eigenvalue weighted by atomic mass is 10.1. The van der Waals surface area contributed by atoms with Crippen LogP contribution in [0.2, 0.25) is 0 Å². The standard InChI is InChI=1S/C11H12F2O3S/c1-8(10(14)15)17(16)7-11(12,13)9-5-3-2-4-6-9/h2-6,8H,7H2,1H3,(H,14,15). The third-order valence-electron chi connectivity index (χ3n) is 2.26. The highest BCUT2D eigenvalue weighted by Gasteiger charge is 2.36. The quantitative estimate of drug-likeness (QED) is 0.883. The zero-order valence-corrected chi connectivity index (χ0v) is 9.92. The molecule has 0 saturated carbocycles. The highest BCUT2D eigenvalue weighted by atomic mass is 32.2. The number of halogens is 2. The molecule has 0 amide bonds. The Balaban J connectivity index is 2.80. The van der Waals surface area contributed by atoms with E-state index in [0.29, 0.717) is 0 Å². The summed E-state index contributed by atoms with van der Waals surface area (Å²) < 4.78 is 38.7. The lowest BCUT2D eigenvalue weighted by Crippen LogP contribution is -2.31. The summed E-state index contributed by atoms with van der Waals surface area (Å²) in [6, 6.07) is 6.95. The van der Waals surface area contributed by atoms with E-state index in [1.54, 1.807) is 6.07 Å². The maximum Gasteiger partial charge on any atom is 0.318 e. The molecule has 0 spiro atoms. The number of hydrogen-bond donors (Lipinski definition) is 1. The Morgan fingerprint density at radius 1 is 1.41 bits per heavy atom. The first-order chi connectivity index (χ1) is 7.84. The molecule has 6 heteroatoms. The van der Waals surface area contributed by atoms with Crippen LogP contribution >= 0.6 is 0 Å². The molecule has 0 saturated heterocycles. The normalized spacial score (nSPS) is 15.2. The first kappa shape index (κ1) is 13.8. The van der Waals surface area contributed by atoms with Crippen molar-refractivity contribution in [1.29, 1.82) is 0 Å². The molecule has 0 aliphatic carbocycles. The highest BCUT2D eigenvalue weighted by molar-refractivity contribution is 7.86. The minimum Gasteiger partial charge on any atom is -0.480 e. The summed E-state index contributed by atoms with van der Waals surface area (Å²) in [6.07, 6.45) is 0. The molecule has 0 aromatic heterocycles. The van der Waals surface area contributed by atoms with Gasteiger partial charge in [-0.25, -0.2) is 8.78 Å². The van der Waals surface area contributed by atoms with E-state index in [2.05, 4.69) is 0 Å². The van der Waals surface area contributed by atoms with E-state index in [9.17, 15) is 17.8 Å². The summed E-state index contributed by atoms with van der Waals surface area (Å²) in [7, 11) is -2.11. The van der Waals surface area contributed by atoms with E-state index in [4.69, 9.17) is 5.11 Å². The monoisotopic (exact) mass is 262 g/mol. The van der Waals surface area contributed by atoms with Crippen molar-refractivity contribution < 1.29 is 22.9 Å². The van der Waals surface area contributed by atoms with Gasteiger partial charge in [0.15, 0.2) is 0 Å². The number of carboxylic acid groups (broad SMARTS) is 1. The van der Waals surface area contributed by atoms with Gasteiger partial charge in [-0.05, 0) is 6.92 Å². The molecule has 1 aromatic carbocycles. The smallest absolute Gasteiger partial charge is 0.318 e. The highest BCUT2D eigenvalue weighted by Crippen LogP contribution is 2.29. The minimum atomic E-state index is -3.28. The Hall–Kier alpha value is -1.30. The Morgan fingerprint density at radius 2 is 1.94 bits per heavy atom. The second kappa shape index (κ2) is 5.35. The van der Waals surface area contributed by atoms with Crippen molar-refractivity contribution in [2.24, 2.45) is 0 Å². The van der Waals surface area contributed by atoms with Gasteiger partial charge in [-0.1, -0.05) is 30.3 Å². The van der Waals surface area contributed by atoms with Crippen LogP contribution in [0.25, 0.3) is 0 Å². The molecule has 17 heavy (non-hydrogen) atoms. The summed E-state index contributed by atoms with van der Waals surface area (Å²) in [5.74, 6) is -5.60. The molecule has 0 heterocycles. The fourth-order valence-electron chi connectivity index (χ4n) is 1.18. The molecule has 0 aliphatic heterocycles. The van der Waals surface area contributed by atoms with Crippen molar-refractivity contribution >= 4 is 16.8 Å². The third kappa shape index (κ3) is 3.59. The van der Waals surface area contributed by atoms with E-state index in [1.807, 2.05) is 0 Å². The van der Waals surface area contributed by atoms with Gasteiger partial charge in [0, 0.05) is 16.4 Å². The molecule has 0 radical (unpaired) electrons.